The average Bonchev–Trinajstić information content (AvgIpc) is 2.95. The molecule has 2 atom stereocenters. The number of carbonyl (C=O) groups is 2. The van der Waals surface area contributed by atoms with Crippen molar-refractivity contribution >= 4 is 23.2 Å². The maximum Gasteiger partial charge on any atom is 0.242 e. The van der Waals surface area contributed by atoms with E-state index in [1.165, 1.54) is 0 Å². The van der Waals surface area contributed by atoms with Crippen LogP contribution in [0.4, 0.5) is 0 Å². The van der Waals surface area contributed by atoms with Crippen LogP contribution >= 0.6 is 11.3 Å². The molecule has 0 radical (unpaired) electrons. The summed E-state index contributed by atoms with van der Waals surface area (Å²) >= 11 is 1.60. The maximum absolute atomic E-state index is 12.1. The van der Waals surface area contributed by atoms with E-state index in [9.17, 15) is 9.59 Å². The molecule has 20 heavy (non-hydrogen) atoms. The molecule has 1 aromatic rings. The van der Waals surface area contributed by atoms with Crippen LogP contribution in [0.25, 0.3) is 0 Å². The number of unbranched alkanes of at least 4 members (excludes halogenated alkanes) is 1. The molecule has 0 saturated heterocycles. The molecular weight excluding hydrogens is 272 g/mol. The monoisotopic (exact) mass is 296 g/mol. The number of nitrogens with one attached hydrogen (secondary N) is 2. The Morgan fingerprint density at radius 1 is 1.35 bits per heavy atom. The summed E-state index contributed by atoms with van der Waals surface area (Å²) in [4.78, 5) is 25.1. The minimum Gasteiger partial charge on any atom is -0.357 e. The average molecular weight is 296 g/mol. The normalized spacial score (nSPS) is 13.6. The highest BCUT2D eigenvalue weighted by molar-refractivity contribution is 7.09. The van der Waals surface area contributed by atoms with E-state index in [0.717, 1.165) is 24.1 Å². The molecule has 2 N–H and O–H groups in total. The van der Waals surface area contributed by atoms with Crippen molar-refractivity contribution in [1.82, 2.24) is 10.6 Å². The first kappa shape index (κ1) is 16.7. The van der Waals surface area contributed by atoms with Crippen molar-refractivity contribution in [1.29, 1.82) is 0 Å². The Kier molecular flexibility index (Phi) is 7.30. The number of hydrogen-bond donors (Lipinski definition) is 2. The molecule has 0 bridgehead atoms. The fourth-order valence-electron chi connectivity index (χ4n) is 1.97. The van der Waals surface area contributed by atoms with Gasteiger partial charge in [-0.15, -0.1) is 11.3 Å². The summed E-state index contributed by atoms with van der Waals surface area (Å²) in [6.07, 6.45) is 3.52. The zero-order valence-electron chi connectivity index (χ0n) is 12.4. The number of rotatable bonds is 8. The number of likely N-dealkylation sites (N-methyl/N-ethyl adjacent to an activating group) is 1. The van der Waals surface area contributed by atoms with Crippen LogP contribution in [0.5, 0.6) is 0 Å². The molecule has 0 saturated carbocycles. The molecule has 0 spiro atoms. The number of thiophene rings is 1. The molecule has 0 unspecified atom stereocenters. The van der Waals surface area contributed by atoms with Gasteiger partial charge in [0.25, 0.3) is 0 Å². The molecule has 0 aliphatic rings. The molecule has 4 nitrogen and oxygen atoms in total. The van der Waals surface area contributed by atoms with Gasteiger partial charge in [0.2, 0.25) is 11.8 Å². The first-order valence-corrected chi connectivity index (χ1v) is 8.00. The molecule has 0 aliphatic carbocycles. The Hall–Kier alpha value is -1.36. The van der Waals surface area contributed by atoms with Crippen LogP contribution in [-0.4, -0.2) is 24.9 Å². The van der Waals surface area contributed by atoms with Crippen molar-refractivity contribution in [2.45, 2.75) is 45.6 Å². The van der Waals surface area contributed by atoms with Crippen LogP contribution in [0.1, 0.15) is 38.0 Å². The van der Waals surface area contributed by atoms with E-state index in [4.69, 9.17) is 0 Å². The lowest BCUT2D eigenvalue weighted by Crippen LogP contribution is -2.48. The SMILES string of the molecule is CCCC[C@H](C)C(=O)N[C@@H](Cc1cccs1)C(=O)NC. The van der Waals surface area contributed by atoms with Crippen molar-refractivity contribution in [2.75, 3.05) is 7.05 Å². The highest BCUT2D eigenvalue weighted by Gasteiger charge is 2.23. The largest absolute Gasteiger partial charge is 0.357 e. The Morgan fingerprint density at radius 2 is 2.10 bits per heavy atom. The standard InChI is InChI=1S/C15H24N2O2S/c1-4-5-7-11(2)14(18)17-13(15(19)16-3)10-12-8-6-9-20-12/h6,8-9,11,13H,4-5,7,10H2,1-3H3,(H,16,19)(H,17,18)/t11-,13-/m0/s1. The van der Waals surface area contributed by atoms with E-state index < -0.39 is 6.04 Å². The van der Waals surface area contributed by atoms with Gasteiger partial charge in [0.15, 0.2) is 0 Å². The third-order valence-electron chi connectivity index (χ3n) is 3.30. The molecule has 0 aliphatic heterocycles. The Balaban J connectivity index is 2.60. The van der Waals surface area contributed by atoms with Crippen molar-refractivity contribution in [3.63, 3.8) is 0 Å². The third-order valence-corrected chi connectivity index (χ3v) is 4.20. The van der Waals surface area contributed by atoms with E-state index in [2.05, 4.69) is 17.6 Å². The molecule has 5 heteroatoms. The van der Waals surface area contributed by atoms with Crippen LogP contribution < -0.4 is 10.6 Å². The van der Waals surface area contributed by atoms with Gasteiger partial charge in [-0.05, 0) is 17.9 Å². The summed E-state index contributed by atoms with van der Waals surface area (Å²) < 4.78 is 0. The van der Waals surface area contributed by atoms with Crippen LogP contribution in [0.15, 0.2) is 17.5 Å². The van der Waals surface area contributed by atoms with E-state index >= 15 is 0 Å². The summed E-state index contributed by atoms with van der Waals surface area (Å²) in [7, 11) is 1.59. The van der Waals surface area contributed by atoms with Crippen LogP contribution in [0.2, 0.25) is 0 Å². The second-order valence-electron chi connectivity index (χ2n) is 5.00. The summed E-state index contributed by atoms with van der Waals surface area (Å²) in [6.45, 7) is 4.02. The quantitative estimate of drug-likeness (QED) is 0.773. The van der Waals surface area contributed by atoms with Gasteiger partial charge in [0, 0.05) is 24.3 Å². The predicted octanol–water partition coefficient (Wildman–Crippen LogP) is 2.35. The van der Waals surface area contributed by atoms with E-state index in [0.29, 0.717) is 6.42 Å². The van der Waals surface area contributed by atoms with Gasteiger partial charge in [-0.2, -0.15) is 0 Å². The lowest BCUT2D eigenvalue weighted by molar-refractivity contribution is -0.130. The fraction of sp³-hybridized carbons (Fsp3) is 0.600. The predicted molar refractivity (Wildman–Crippen MR) is 82.7 cm³/mol. The van der Waals surface area contributed by atoms with Gasteiger partial charge in [0.1, 0.15) is 6.04 Å². The summed E-state index contributed by atoms with van der Waals surface area (Å²) in [5.74, 6) is -0.233. The Morgan fingerprint density at radius 3 is 2.65 bits per heavy atom. The molecular formula is C15H24N2O2S. The van der Waals surface area contributed by atoms with Gasteiger partial charge in [-0.3, -0.25) is 9.59 Å². The lowest BCUT2D eigenvalue weighted by Gasteiger charge is -2.19. The number of hydrogen-bond acceptors (Lipinski definition) is 3. The minimum atomic E-state index is -0.491. The highest BCUT2D eigenvalue weighted by Crippen LogP contribution is 2.13. The fourth-order valence-corrected chi connectivity index (χ4v) is 2.72. The van der Waals surface area contributed by atoms with Crippen molar-refractivity contribution < 1.29 is 9.59 Å². The summed E-state index contributed by atoms with van der Waals surface area (Å²) in [5, 5.41) is 7.46. The first-order valence-electron chi connectivity index (χ1n) is 7.12. The van der Waals surface area contributed by atoms with Crippen LogP contribution in [0.3, 0.4) is 0 Å². The van der Waals surface area contributed by atoms with Crippen molar-refractivity contribution in [3.8, 4) is 0 Å². The van der Waals surface area contributed by atoms with E-state index in [-0.39, 0.29) is 17.7 Å². The maximum atomic E-state index is 12.1. The summed E-state index contributed by atoms with van der Waals surface area (Å²) in [5.41, 5.74) is 0. The van der Waals surface area contributed by atoms with Gasteiger partial charge >= 0.3 is 0 Å². The van der Waals surface area contributed by atoms with E-state index in [1.807, 2.05) is 24.4 Å². The lowest BCUT2D eigenvalue weighted by atomic mass is 10.0. The van der Waals surface area contributed by atoms with Crippen LogP contribution in [-0.2, 0) is 16.0 Å². The van der Waals surface area contributed by atoms with Gasteiger partial charge in [-0.25, -0.2) is 0 Å². The molecule has 1 aromatic heterocycles. The third kappa shape index (κ3) is 5.33. The molecule has 1 heterocycles. The van der Waals surface area contributed by atoms with Crippen molar-refractivity contribution in [2.24, 2.45) is 5.92 Å². The van der Waals surface area contributed by atoms with Gasteiger partial charge in [0.05, 0.1) is 0 Å². The topological polar surface area (TPSA) is 58.2 Å². The number of amides is 2. The molecule has 112 valence electrons. The Bertz CT molecular complexity index is 418. The highest BCUT2D eigenvalue weighted by atomic mass is 32.1. The van der Waals surface area contributed by atoms with E-state index in [1.54, 1.807) is 18.4 Å². The smallest absolute Gasteiger partial charge is 0.242 e. The molecule has 0 fully saturated rings. The number of carbonyl (C=O) groups excluding carboxylic acids is 2. The molecule has 2 amide bonds. The van der Waals surface area contributed by atoms with Gasteiger partial charge in [-0.1, -0.05) is 32.8 Å². The molecule has 0 aromatic carbocycles. The molecule has 1 rings (SSSR count). The second-order valence-corrected chi connectivity index (χ2v) is 6.03. The zero-order valence-corrected chi connectivity index (χ0v) is 13.3. The first-order chi connectivity index (χ1) is 9.58. The second kappa shape index (κ2) is 8.74. The van der Waals surface area contributed by atoms with Crippen molar-refractivity contribution in [3.05, 3.63) is 22.4 Å². The van der Waals surface area contributed by atoms with Crippen LogP contribution in [0, 0.1) is 5.92 Å². The van der Waals surface area contributed by atoms with Gasteiger partial charge < -0.3 is 10.6 Å². The summed E-state index contributed by atoms with van der Waals surface area (Å²) in [6, 6.07) is 3.44. The Labute approximate surface area is 125 Å². The zero-order chi connectivity index (χ0) is 15.0. The minimum absolute atomic E-state index is 0.0383.